The lowest BCUT2D eigenvalue weighted by Gasteiger charge is -2.31. The minimum absolute atomic E-state index is 0.250. The molecule has 1 aliphatic rings. The molecule has 1 fully saturated rings. The van der Waals surface area contributed by atoms with E-state index in [1.165, 1.54) is 11.3 Å². The highest BCUT2D eigenvalue weighted by Gasteiger charge is 2.23. The SMILES string of the molecule is COc1ccc(NC(=O)c2cc3ccccc3n2-c2nnc(N3CCN(C)CC3)s2)cc1OC. The molecular formula is C24H26N6O3S. The van der Waals surface area contributed by atoms with Gasteiger partial charge in [-0.25, -0.2) is 0 Å². The van der Waals surface area contributed by atoms with Gasteiger partial charge in [-0.05, 0) is 31.3 Å². The average molecular weight is 479 g/mol. The zero-order valence-corrected chi connectivity index (χ0v) is 20.1. The monoisotopic (exact) mass is 478 g/mol. The number of anilines is 2. The van der Waals surface area contributed by atoms with Crippen molar-refractivity contribution in [2.45, 2.75) is 0 Å². The minimum Gasteiger partial charge on any atom is -0.493 e. The zero-order chi connectivity index (χ0) is 23.7. The van der Waals surface area contributed by atoms with Gasteiger partial charge in [0, 0.05) is 43.3 Å². The lowest BCUT2D eigenvalue weighted by Crippen LogP contribution is -2.44. The van der Waals surface area contributed by atoms with Crippen molar-refractivity contribution in [3.63, 3.8) is 0 Å². The van der Waals surface area contributed by atoms with E-state index in [4.69, 9.17) is 9.47 Å². The summed E-state index contributed by atoms with van der Waals surface area (Å²) in [6.07, 6.45) is 0. The smallest absolute Gasteiger partial charge is 0.272 e. The summed E-state index contributed by atoms with van der Waals surface area (Å²) in [7, 11) is 5.26. The number of carbonyl (C=O) groups is 1. The molecule has 0 unspecified atom stereocenters. The lowest BCUT2D eigenvalue weighted by atomic mass is 10.2. The highest BCUT2D eigenvalue weighted by molar-refractivity contribution is 7.17. The number of benzene rings is 2. The van der Waals surface area contributed by atoms with E-state index in [1.807, 2.05) is 34.9 Å². The van der Waals surface area contributed by atoms with Crippen LogP contribution in [-0.4, -0.2) is 73.0 Å². The van der Waals surface area contributed by atoms with Crippen molar-refractivity contribution >= 4 is 39.0 Å². The van der Waals surface area contributed by atoms with Crippen LogP contribution in [0.3, 0.4) is 0 Å². The molecule has 176 valence electrons. The van der Waals surface area contributed by atoms with Crippen molar-refractivity contribution in [3.8, 4) is 16.6 Å². The predicted molar refractivity (Wildman–Crippen MR) is 134 cm³/mol. The molecule has 4 aromatic rings. The Kier molecular flexibility index (Phi) is 6.08. The van der Waals surface area contributed by atoms with Crippen LogP contribution in [0.15, 0.2) is 48.5 Å². The number of hydrogen-bond donors (Lipinski definition) is 1. The Morgan fingerprint density at radius 2 is 1.68 bits per heavy atom. The minimum atomic E-state index is -0.250. The molecule has 5 rings (SSSR count). The molecule has 0 radical (unpaired) electrons. The standard InChI is InChI=1S/C24H26N6O3S/c1-28-10-12-29(13-11-28)23-26-27-24(34-23)30-18-7-5-4-6-16(18)14-19(30)22(31)25-17-8-9-20(32-2)21(15-17)33-3/h4-9,14-15H,10-13H2,1-3H3,(H,25,31). The highest BCUT2D eigenvalue weighted by Crippen LogP contribution is 2.32. The van der Waals surface area contributed by atoms with E-state index >= 15 is 0 Å². The van der Waals surface area contributed by atoms with Crippen molar-refractivity contribution in [2.24, 2.45) is 0 Å². The first-order valence-corrected chi connectivity index (χ1v) is 11.8. The number of nitrogens with one attached hydrogen (secondary N) is 1. The summed E-state index contributed by atoms with van der Waals surface area (Å²) in [4.78, 5) is 18.0. The van der Waals surface area contributed by atoms with Crippen LogP contribution in [0.5, 0.6) is 11.5 Å². The summed E-state index contributed by atoms with van der Waals surface area (Å²) in [6, 6.07) is 15.0. The van der Waals surface area contributed by atoms with Gasteiger partial charge < -0.3 is 24.6 Å². The Balaban J connectivity index is 1.49. The number of piperazine rings is 1. The van der Waals surface area contributed by atoms with Gasteiger partial charge in [-0.2, -0.15) is 0 Å². The van der Waals surface area contributed by atoms with Crippen LogP contribution >= 0.6 is 11.3 Å². The van der Waals surface area contributed by atoms with E-state index in [9.17, 15) is 4.79 Å². The molecule has 9 nitrogen and oxygen atoms in total. The molecule has 3 heterocycles. The summed E-state index contributed by atoms with van der Waals surface area (Å²) in [5.74, 6) is 0.890. The first-order valence-electron chi connectivity index (χ1n) is 11.0. The summed E-state index contributed by atoms with van der Waals surface area (Å²) in [5, 5.41) is 14.4. The Morgan fingerprint density at radius 1 is 0.941 bits per heavy atom. The molecule has 0 spiro atoms. The first kappa shape index (κ1) is 22.2. The molecule has 0 saturated carbocycles. The fraction of sp³-hybridized carbons (Fsp3) is 0.292. The van der Waals surface area contributed by atoms with Crippen molar-refractivity contribution < 1.29 is 14.3 Å². The predicted octanol–water partition coefficient (Wildman–Crippen LogP) is 3.50. The van der Waals surface area contributed by atoms with Crippen molar-refractivity contribution in [1.29, 1.82) is 0 Å². The van der Waals surface area contributed by atoms with E-state index in [2.05, 4.69) is 32.4 Å². The van der Waals surface area contributed by atoms with Crippen LogP contribution in [0.1, 0.15) is 10.5 Å². The largest absolute Gasteiger partial charge is 0.493 e. The number of amides is 1. The number of likely N-dealkylation sites (N-methyl/N-ethyl adjacent to an activating group) is 1. The van der Waals surface area contributed by atoms with Crippen molar-refractivity contribution in [2.75, 3.05) is 57.7 Å². The van der Waals surface area contributed by atoms with Gasteiger partial charge in [-0.3, -0.25) is 9.36 Å². The molecule has 1 amide bonds. The van der Waals surface area contributed by atoms with Gasteiger partial charge in [0.2, 0.25) is 10.3 Å². The Bertz CT molecular complexity index is 1330. The van der Waals surface area contributed by atoms with Crippen LogP contribution in [0.2, 0.25) is 0 Å². The molecule has 0 atom stereocenters. The molecular weight excluding hydrogens is 452 g/mol. The van der Waals surface area contributed by atoms with Crippen LogP contribution in [-0.2, 0) is 0 Å². The van der Waals surface area contributed by atoms with Crippen molar-refractivity contribution in [3.05, 3.63) is 54.2 Å². The number of aromatic nitrogens is 3. The molecule has 2 aromatic heterocycles. The third kappa shape index (κ3) is 4.17. The second kappa shape index (κ2) is 9.32. The van der Waals surface area contributed by atoms with E-state index < -0.39 is 0 Å². The number of fused-ring (bicyclic) bond motifs is 1. The fourth-order valence-electron chi connectivity index (χ4n) is 4.06. The first-order chi connectivity index (χ1) is 16.6. The number of ether oxygens (including phenoxy) is 2. The summed E-state index contributed by atoms with van der Waals surface area (Å²) in [5.41, 5.74) is 1.99. The van der Waals surface area contributed by atoms with Crippen LogP contribution < -0.4 is 19.7 Å². The topological polar surface area (TPSA) is 84.7 Å². The number of rotatable bonds is 6. The van der Waals surface area contributed by atoms with E-state index in [0.29, 0.717) is 28.0 Å². The third-order valence-corrected chi connectivity index (χ3v) is 6.92. The fourth-order valence-corrected chi connectivity index (χ4v) is 4.99. The molecule has 34 heavy (non-hydrogen) atoms. The van der Waals surface area contributed by atoms with Gasteiger partial charge in [0.05, 0.1) is 19.7 Å². The lowest BCUT2D eigenvalue weighted by molar-refractivity contribution is 0.102. The van der Waals surface area contributed by atoms with Crippen LogP contribution in [0, 0.1) is 0 Å². The zero-order valence-electron chi connectivity index (χ0n) is 19.3. The highest BCUT2D eigenvalue weighted by atomic mass is 32.1. The van der Waals surface area contributed by atoms with Crippen LogP contribution in [0.25, 0.3) is 16.0 Å². The van der Waals surface area contributed by atoms with Gasteiger partial charge in [-0.1, -0.05) is 29.5 Å². The summed E-state index contributed by atoms with van der Waals surface area (Å²) < 4.78 is 12.5. The Hall–Kier alpha value is -3.63. The molecule has 1 aliphatic heterocycles. The second-order valence-electron chi connectivity index (χ2n) is 8.11. The molecule has 10 heteroatoms. The molecule has 1 N–H and O–H groups in total. The van der Waals surface area contributed by atoms with Gasteiger partial charge in [0.15, 0.2) is 11.5 Å². The summed E-state index contributed by atoms with van der Waals surface area (Å²) in [6.45, 7) is 3.79. The van der Waals surface area contributed by atoms with Gasteiger partial charge in [0.25, 0.3) is 5.91 Å². The molecule has 1 saturated heterocycles. The quantitative estimate of drug-likeness (QED) is 0.454. The molecule has 2 aromatic carbocycles. The average Bonchev–Trinajstić information content (AvgIpc) is 3.49. The van der Waals surface area contributed by atoms with E-state index in [-0.39, 0.29) is 5.91 Å². The van der Waals surface area contributed by atoms with Gasteiger partial charge in [0.1, 0.15) is 5.69 Å². The third-order valence-electron chi connectivity index (χ3n) is 5.95. The number of nitrogens with zero attached hydrogens (tertiary/aromatic N) is 5. The number of hydrogen-bond acceptors (Lipinski definition) is 8. The van der Waals surface area contributed by atoms with Gasteiger partial charge >= 0.3 is 0 Å². The summed E-state index contributed by atoms with van der Waals surface area (Å²) >= 11 is 1.49. The molecule has 0 aliphatic carbocycles. The van der Waals surface area contributed by atoms with Crippen molar-refractivity contribution in [1.82, 2.24) is 19.7 Å². The second-order valence-corrected chi connectivity index (χ2v) is 9.04. The van der Waals surface area contributed by atoms with Crippen LogP contribution in [0.4, 0.5) is 10.8 Å². The number of para-hydroxylation sites is 1. The van der Waals surface area contributed by atoms with E-state index in [1.54, 1.807) is 32.4 Å². The Labute approximate surface area is 201 Å². The number of carbonyl (C=O) groups excluding carboxylic acids is 1. The van der Waals surface area contributed by atoms with Gasteiger partial charge in [-0.15, -0.1) is 10.2 Å². The normalized spacial score (nSPS) is 14.4. The Morgan fingerprint density at radius 3 is 2.44 bits per heavy atom. The maximum atomic E-state index is 13.4. The maximum Gasteiger partial charge on any atom is 0.272 e. The molecule has 0 bridgehead atoms. The van der Waals surface area contributed by atoms with E-state index in [0.717, 1.165) is 42.2 Å². The number of methoxy groups -OCH3 is 2. The maximum absolute atomic E-state index is 13.4.